The largest absolute Gasteiger partial charge is 0.352 e. The first kappa shape index (κ1) is 35.0. The quantitative estimate of drug-likeness (QED) is 0.160. The average molecular weight is 681 g/mol. The summed E-state index contributed by atoms with van der Waals surface area (Å²) >= 11 is 12.7. The molecule has 2 atom stereocenters. The molecule has 10 heteroatoms. The SMILES string of the molecule is CC[C@@H](C)NC(=O)[C@@H](Cc1ccccc1)N(Cc1ccccc1C)C(=O)CN(c1cc(Cl)cc(Cl)c1)S(=O)(=O)c1ccc(C)cc1. The molecule has 7 nitrogen and oxygen atoms in total. The molecule has 2 amide bonds. The first-order valence-electron chi connectivity index (χ1n) is 15.1. The number of carbonyl (C=O) groups excluding carboxylic acids is 2. The fourth-order valence-corrected chi connectivity index (χ4v) is 6.93. The molecule has 0 aromatic heterocycles. The lowest BCUT2D eigenvalue weighted by atomic mass is 10.0. The topological polar surface area (TPSA) is 86.8 Å². The molecule has 0 bridgehead atoms. The normalized spacial score (nSPS) is 12.7. The zero-order valence-electron chi connectivity index (χ0n) is 26.4. The van der Waals surface area contributed by atoms with Crippen LogP contribution in [0.25, 0.3) is 0 Å². The number of amides is 2. The number of anilines is 1. The summed E-state index contributed by atoms with van der Waals surface area (Å²) < 4.78 is 29.4. The second kappa shape index (κ2) is 15.6. The van der Waals surface area contributed by atoms with Gasteiger partial charge in [-0.25, -0.2) is 8.42 Å². The summed E-state index contributed by atoms with van der Waals surface area (Å²) in [5, 5.41) is 3.47. The van der Waals surface area contributed by atoms with Crippen molar-refractivity contribution >= 4 is 50.7 Å². The van der Waals surface area contributed by atoms with Crippen LogP contribution in [0.3, 0.4) is 0 Å². The lowest BCUT2D eigenvalue weighted by molar-refractivity contribution is -0.140. The van der Waals surface area contributed by atoms with Gasteiger partial charge in [0.05, 0.1) is 10.6 Å². The van der Waals surface area contributed by atoms with E-state index < -0.39 is 28.5 Å². The summed E-state index contributed by atoms with van der Waals surface area (Å²) in [6.07, 6.45) is 0.933. The number of carbonyl (C=O) groups is 2. The van der Waals surface area contributed by atoms with Crippen LogP contribution in [0.15, 0.2) is 102 Å². The third-order valence-corrected chi connectivity index (χ3v) is 10.1. The van der Waals surface area contributed by atoms with Crippen LogP contribution in [-0.2, 0) is 32.6 Å². The van der Waals surface area contributed by atoms with E-state index in [0.29, 0.717) is 6.42 Å². The second-order valence-corrected chi connectivity index (χ2v) is 14.2. The monoisotopic (exact) mass is 679 g/mol. The predicted molar refractivity (Wildman–Crippen MR) is 186 cm³/mol. The summed E-state index contributed by atoms with van der Waals surface area (Å²) in [6.45, 7) is 7.16. The van der Waals surface area contributed by atoms with Gasteiger partial charge in [0.2, 0.25) is 11.8 Å². The second-order valence-electron chi connectivity index (χ2n) is 11.4. The van der Waals surface area contributed by atoms with Gasteiger partial charge >= 0.3 is 0 Å². The van der Waals surface area contributed by atoms with E-state index >= 15 is 0 Å². The van der Waals surface area contributed by atoms with Gasteiger partial charge in [0, 0.05) is 29.1 Å². The molecule has 242 valence electrons. The minimum atomic E-state index is -4.27. The minimum Gasteiger partial charge on any atom is -0.352 e. The molecule has 1 N–H and O–H groups in total. The summed E-state index contributed by atoms with van der Waals surface area (Å²) in [6, 6.07) is 26.8. The van der Waals surface area contributed by atoms with Gasteiger partial charge in [0.25, 0.3) is 10.0 Å². The Kier molecular flexibility index (Phi) is 11.9. The third-order valence-electron chi connectivity index (χ3n) is 7.90. The highest BCUT2D eigenvalue weighted by Crippen LogP contribution is 2.30. The first-order chi connectivity index (χ1) is 21.9. The van der Waals surface area contributed by atoms with Crippen LogP contribution in [0.2, 0.25) is 10.0 Å². The van der Waals surface area contributed by atoms with E-state index in [-0.39, 0.29) is 45.5 Å². The van der Waals surface area contributed by atoms with Gasteiger partial charge in [-0.15, -0.1) is 0 Å². The molecule has 0 aliphatic heterocycles. The van der Waals surface area contributed by atoms with Crippen molar-refractivity contribution in [2.75, 3.05) is 10.8 Å². The number of nitrogens with zero attached hydrogens (tertiary/aromatic N) is 2. The van der Waals surface area contributed by atoms with Crippen LogP contribution in [0.1, 0.15) is 42.5 Å². The molecule has 0 radical (unpaired) electrons. The Morgan fingerprint density at radius 1 is 0.848 bits per heavy atom. The fraction of sp³-hybridized carbons (Fsp3) is 0.278. The lowest BCUT2D eigenvalue weighted by Gasteiger charge is -2.34. The smallest absolute Gasteiger partial charge is 0.264 e. The highest BCUT2D eigenvalue weighted by atomic mass is 35.5. The van der Waals surface area contributed by atoms with Crippen LogP contribution in [-0.4, -0.2) is 43.8 Å². The van der Waals surface area contributed by atoms with E-state index in [4.69, 9.17) is 23.2 Å². The molecule has 4 aromatic rings. The van der Waals surface area contributed by atoms with E-state index in [9.17, 15) is 18.0 Å². The number of aryl methyl sites for hydroxylation is 2. The van der Waals surface area contributed by atoms with Gasteiger partial charge in [-0.3, -0.25) is 13.9 Å². The molecule has 0 heterocycles. The van der Waals surface area contributed by atoms with Crippen LogP contribution in [0.5, 0.6) is 0 Å². The molecule has 0 saturated carbocycles. The Morgan fingerprint density at radius 3 is 2.07 bits per heavy atom. The molecule has 46 heavy (non-hydrogen) atoms. The Morgan fingerprint density at radius 2 is 1.46 bits per heavy atom. The van der Waals surface area contributed by atoms with Gasteiger partial charge in [-0.05, 0) is 74.2 Å². The minimum absolute atomic E-state index is 0.00259. The number of rotatable bonds is 13. The van der Waals surface area contributed by atoms with E-state index in [1.54, 1.807) is 12.1 Å². The standard InChI is InChI=1S/C36H39Cl2N3O4S/c1-5-27(4)39-36(43)34(19-28-12-7-6-8-13-28)40(23-29-14-10-9-11-26(29)3)35(42)24-41(32-21-30(37)20-31(38)22-32)46(44,45)33-17-15-25(2)16-18-33/h6-18,20-22,27,34H,5,19,23-24H2,1-4H3,(H,39,43)/t27-,34-/m1/s1. The molecule has 0 unspecified atom stereocenters. The molecule has 0 fully saturated rings. The van der Waals surface area contributed by atoms with Crippen LogP contribution < -0.4 is 9.62 Å². The van der Waals surface area contributed by atoms with Gasteiger partial charge < -0.3 is 10.2 Å². The lowest BCUT2D eigenvalue weighted by Crippen LogP contribution is -2.54. The Bertz CT molecular complexity index is 1750. The van der Waals surface area contributed by atoms with Gasteiger partial charge in [-0.2, -0.15) is 0 Å². The first-order valence-corrected chi connectivity index (χ1v) is 17.3. The maximum Gasteiger partial charge on any atom is 0.264 e. The number of halogens is 2. The summed E-state index contributed by atoms with van der Waals surface area (Å²) in [4.78, 5) is 30.1. The predicted octanol–water partition coefficient (Wildman–Crippen LogP) is 7.36. The molecule has 0 spiro atoms. The van der Waals surface area contributed by atoms with Crippen LogP contribution in [0, 0.1) is 13.8 Å². The molecule has 4 aromatic carbocycles. The van der Waals surface area contributed by atoms with Gasteiger partial charge in [0.1, 0.15) is 12.6 Å². The van der Waals surface area contributed by atoms with E-state index in [1.807, 2.05) is 82.3 Å². The Balaban J connectivity index is 1.84. The average Bonchev–Trinajstić information content (AvgIpc) is 3.02. The van der Waals surface area contributed by atoms with Crippen LogP contribution >= 0.6 is 23.2 Å². The summed E-state index contributed by atoms with van der Waals surface area (Å²) in [5.41, 5.74) is 3.65. The summed E-state index contributed by atoms with van der Waals surface area (Å²) in [7, 11) is -4.27. The highest BCUT2D eigenvalue weighted by Gasteiger charge is 2.35. The highest BCUT2D eigenvalue weighted by molar-refractivity contribution is 7.92. The van der Waals surface area contributed by atoms with Gasteiger partial charge in [0.15, 0.2) is 0 Å². The number of sulfonamides is 1. The van der Waals surface area contributed by atoms with Gasteiger partial charge in [-0.1, -0.05) is 102 Å². The molecule has 0 saturated heterocycles. The van der Waals surface area contributed by atoms with Crippen molar-refractivity contribution < 1.29 is 18.0 Å². The molecular weight excluding hydrogens is 641 g/mol. The Hall–Kier alpha value is -3.85. The van der Waals surface area contributed by atoms with E-state index in [2.05, 4.69) is 5.32 Å². The van der Waals surface area contributed by atoms with Crippen molar-refractivity contribution in [3.05, 3.63) is 129 Å². The van der Waals surface area contributed by atoms with Crippen LogP contribution in [0.4, 0.5) is 5.69 Å². The molecule has 0 aliphatic rings. The zero-order valence-corrected chi connectivity index (χ0v) is 28.7. The fourth-order valence-electron chi connectivity index (χ4n) is 5.02. The van der Waals surface area contributed by atoms with Crippen molar-refractivity contribution in [2.24, 2.45) is 0 Å². The number of benzene rings is 4. The maximum atomic E-state index is 14.6. The number of hydrogen-bond donors (Lipinski definition) is 1. The number of hydrogen-bond acceptors (Lipinski definition) is 4. The van der Waals surface area contributed by atoms with E-state index in [0.717, 1.165) is 26.6 Å². The van der Waals surface area contributed by atoms with Crippen molar-refractivity contribution in [3.63, 3.8) is 0 Å². The van der Waals surface area contributed by atoms with Crippen molar-refractivity contribution in [3.8, 4) is 0 Å². The number of nitrogens with one attached hydrogen (secondary N) is 1. The zero-order chi connectivity index (χ0) is 33.4. The van der Waals surface area contributed by atoms with Crippen molar-refractivity contribution in [1.29, 1.82) is 0 Å². The molecule has 0 aliphatic carbocycles. The van der Waals surface area contributed by atoms with Crippen molar-refractivity contribution in [1.82, 2.24) is 10.2 Å². The van der Waals surface area contributed by atoms with E-state index in [1.165, 1.54) is 35.2 Å². The molecule has 4 rings (SSSR count). The van der Waals surface area contributed by atoms with Crippen molar-refractivity contribution in [2.45, 2.75) is 64.1 Å². The maximum absolute atomic E-state index is 14.6. The third kappa shape index (κ3) is 8.90. The molecular formula is C36H39Cl2N3O4S. The Labute approximate surface area is 282 Å². The summed E-state index contributed by atoms with van der Waals surface area (Å²) in [5.74, 6) is -0.880.